The third-order valence-corrected chi connectivity index (χ3v) is 6.98. The van der Waals surface area contributed by atoms with Gasteiger partial charge in [-0.15, -0.1) is 0 Å². The maximum atomic E-state index is 12.9. The monoisotopic (exact) mass is 398 g/mol. The lowest BCUT2D eigenvalue weighted by atomic mass is 9.99. The third-order valence-electron chi connectivity index (χ3n) is 5.10. The average Bonchev–Trinajstić information content (AvgIpc) is 3.17. The summed E-state index contributed by atoms with van der Waals surface area (Å²) in [6, 6.07) is 12.4. The van der Waals surface area contributed by atoms with E-state index in [1.165, 1.54) is 4.31 Å². The molecule has 0 saturated heterocycles. The van der Waals surface area contributed by atoms with Crippen LogP contribution >= 0.6 is 0 Å². The molecule has 2 heterocycles. The number of fused-ring (bicyclic) bond motifs is 1. The number of nitrogens with one attached hydrogen (secondary N) is 1. The van der Waals surface area contributed by atoms with Crippen molar-refractivity contribution in [3.8, 4) is 11.5 Å². The van der Waals surface area contributed by atoms with Gasteiger partial charge in [0.05, 0.1) is 19.1 Å². The molecular weight excluding hydrogens is 376 g/mol. The van der Waals surface area contributed by atoms with E-state index in [1.54, 1.807) is 38.5 Å². The summed E-state index contributed by atoms with van der Waals surface area (Å²) in [4.78, 5) is 3.55. The van der Waals surface area contributed by atoms with Gasteiger partial charge in [-0.05, 0) is 54.5 Å². The molecule has 1 aliphatic heterocycles. The molecule has 2 aromatic carbocycles. The minimum Gasteiger partial charge on any atom is -0.497 e. The van der Waals surface area contributed by atoms with Gasteiger partial charge in [0.1, 0.15) is 11.5 Å². The van der Waals surface area contributed by atoms with Crippen molar-refractivity contribution in [1.29, 1.82) is 0 Å². The number of aromatic amines is 1. The molecule has 1 aromatic heterocycles. The summed E-state index contributed by atoms with van der Waals surface area (Å²) < 4.78 is 37.8. The van der Waals surface area contributed by atoms with Gasteiger partial charge in [0.2, 0.25) is 10.0 Å². The van der Waals surface area contributed by atoms with Crippen molar-refractivity contribution in [2.45, 2.75) is 11.3 Å². The number of H-pyrrole nitrogens is 1. The number of rotatable bonds is 5. The maximum Gasteiger partial charge on any atom is 0.243 e. The van der Waals surface area contributed by atoms with E-state index in [9.17, 15) is 8.42 Å². The largest absolute Gasteiger partial charge is 0.497 e. The van der Waals surface area contributed by atoms with E-state index in [0.29, 0.717) is 25.3 Å². The lowest BCUT2D eigenvalue weighted by Crippen LogP contribution is -2.34. The number of benzene rings is 2. The van der Waals surface area contributed by atoms with E-state index < -0.39 is 10.0 Å². The Morgan fingerprint density at radius 1 is 1.00 bits per heavy atom. The molecule has 0 spiro atoms. The maximum absolute atomic E-state index is 12.9. The van der Waals surface area contributed by atoms with Gasteiger partial charge in [-0.3, -0.25) is 0 Å². The van der Waals surface area contributed by atoms with E-state index >= 15 is 0 Å². The van der Waals surface area contributed by atoms with Crippen LogP contribution in [0.15, 0.2) is 59.6 Å². The molecule has 3 aromatic rings. The molecule has 6 nitrogen and oxygen atoms in total. The SMILES string of the molecule is COc1ccc(S(=O)(=O)N2CC=C(c3c[nH]c4ccc(OC)cc34)CC2)cc1. The summed E-state index contributed by atoms with van der Waals surface area (Å²) in [5, 5.41) is 1.08. The Bertz CT molecular complexity index is 1130. The summed E-state index contributed by atoms with van der Waals surface area (Å²) in [6.45, 7) is 0.789. The van der Waals surface area contributed by atoms with Crippen LogP contribution in [0.5, 0.6) is 11.5 Å². The summed E-state index contributed by atoms with van der Waals surface area (Å²) in [5.74, 6) is 1.43. The first-order valence-electron chi connectivity index (χ1n) is 9.01. The molecular formula is C21H22N2O4S. The standard InChI is InChI=1S/C21H22N2O4S/c1-26-16-3-6-18(7-4-16)28(24,25)23-11-9-15(10-12-23)20-14-22-21-8-5-17(27-2)13-19(20)21/h3-9,13-14,22H,10-12H2,1-2H3. The zero-order chi connectivity index (χ0) is 19.7. The predicted molar refractivity (Wildman–Crippen MR) is 109 cm³/mol. The molecule has 0 fully saturated rings. The number of ether oxygens (including phenoxy) is 2. The highest BCUT2D eigenvalue weighted by Crippen LogP contribution is 2.32. The first-order chi connectivity index (χ1) is 13.5. The molecule has 4 rings (SSSR count). The van der Waals surface area contributed by atoms with Crippen molar-refractivity contribution in [3.63, 3.8) is 0 Å². The predicted octanol–water partition coefficient (Wildman–Crippen LogP) is 3.66. The molecule has 0 aliphatic carbocycles. The van der Waals surface area contributed by atoms with Crippen molar-refractivity contribution in [2.24, 2.45) is 0 Å². The number of sulfonamides is 1. The molecule has 0 saturated carbocycles. The zero-order valence-corrected chi connectivity index (χ0v) is 16.6. The summed E-state index contributed by atoms with van der Waals surface area (Å²) in [7, 11) is -0.323. The Morgan fingerprint density at radius 2 is 1.71 bits per heavy atom. The minimum absolute atomic E-state index is 0.280. The second-order valence-electron chi connectivity index (χ2n) is 6.63. The van der Waals surface area contributed by atoms with Gasteiger partial charge in [0.25, 0.3) is 0 Å². The van der Waals surface area contributed by atoms with E-state index in [-0.39, 0.29) is 4.90 Å². The van der Waals surface area contributed by atoms with Crippen molar-refractivity contribution in [1.82, 2.24) is 9.29 Å². The van der Waals surface area contributed by atoms with E-state index in [1.807, 2.05) is 30.5 Å². The molecule has 28 heavy (non-hydrogen) atoms. The molecule has 0 radical (unpaired) electrons. The molecule has 1 aliphatic rings. The van der Waals surface area contributed by atoms with E-state index in [2.05, 4.69) is 4.98 Å². The normalized spacial score (nSPS) is 15.4. The number of hydrogen-bond donors (Lipinski definition) is 1. The van der Waals surface area contributed by atoms with Crippen molar-refractivity contribution >= 4 is 26.5 Å². The second kappa shape index (κ2) is 7.33. The number of hydrogen-bond acceptors (Lipinski definition) is 4. The van der Waals surface area contributed by atoms with Gasteiger partial charge in [-0.1, -0.05) is 6.08 Å². The highest BCUT2D eigenvalue weighted by atomic mass is 32.2. The molecule has 0 bridgehead atoms. The minimum atomic E-state index is -3.53. The van der Waals surface area contributed by atoms with Crippen molar-refractivity contribution in [3.05, 3.63) is 60.3 Å². The van der Waals surface area contributed by atoms with Gasteiger partial charge in [-0.25, -0.2) is 8.42 Å². The van der Waals surface area contributed by atoms with Gasteiger partial charge in [0, 0.05) is 35.8 Å². The molecule has 0 atom stereocenters. The van der Waals surface area contributed by atoms with Crippen LogP contribution < -0.4 is 9.47 Å². The Morgan fingerprint density at radius 3 is 2.36 bits per heavy atom. The van der Waals surface area contributed by atoms with Crippen LogP contribution in [0.2, 0.25) is 0 Å². The Hall–Kier alpha value is -2.77. The van der Waals surface area contributed by atoms with Crippen LogP contribution in [0.1, 0.15) is 12.0 Å². The molecule has 0 unspecified atom stereocenters. The number of aromatic nitrogens is 1. The lowest BCUT2D eigenvalue weighted by molar-refractivity contribution is 0.414. The molecule has 146 valence electrons. The van der Waals surface area contributed by atoms with E-state index in [4.69, 9.17) is 9.47 Å². The average molecular weight is 398 g/mol. The molecule has 7 heteroatoms. The Kier molecular flexibility index (Phi) is 4.87. The van der Waals surface area contributed by atoms with Crippen LogP contribution in [0, 0.1) is 0 Å². The topological polar surface area (TPSA) is 71.6 Å². The summed E-state index contributed by atoms with van der Waals surface area (Å²) in [5.41, 5.74) is 3.26. The fourth-order valence-corrected chi connectivity index (χ4v) is 4.88. The second-order valence-corrected chi connectivity index (χ2v) is 8.57. The quantitative estimate of drug-likeness (QED) is 0.712. The third kappa shape index (κ3) is 3.27. The van der Waals surface area contributed by atoms with Crippen LogP contribution in [-0.2, 0) is 10.0 Å². The van der Waals surface area contributed by atoms with Crippen LogP contribution in [0.4, 0.5) is 0 Å². The van der Waals surface area contributed by atoms with Gasteiger partial charge in [-0.2, -0.15) is 4.31 Å². The van der Waals surface area contributed by atoms with E-state index in [0.717, 1.165) is 27.8 Å². The van der Waals surface area contributed by atoms with Gasteiger partial charge >= 0.3 is 0 Å². The van der Waals surface area contributed by atoms with Crippen molar-refractivity contribution in [2.75, 3.05) is 27.3 Å². The Balaban J connectivity index is 1.59. The highest BCUT2D eigenvalue weighted by molar-refractivity contribution is 7.89. The van der Waals surface area contributed by atoms with Crippen LogP contribution in [0.25, 0.3) is 16.5 Å². The first kappa shape index (κ1) is 18.6. The smallest absolute Gasteiger partial charge is 0.243 e. The molecule has 0 amide bonds. The van der Waals surface area contributed by atoms with Crippen molar-refractivity contribution < 1.29 is 17.9 Å². The number of methoxy groups -OCH3 is 2. The highest BCUT2D eigenvalue weighted by Gasteiger charge is 2.27. The van der Waals surface area contributed by atoms with Crippen LogP contribution in [-0.4, -0.2) is 45.0 Å². The lowest BCUT2D eigenvalue weighted by Gasteiger charge is -2.26. The van der Waals surface area contributed by atoms with Gasteiger partial charge in [0.15, 0.2) is 0 Å². The number of nitrogens with zero attached hydrogens (tertiary/aromatic N) is 1. The first-order valence-corrected chi connectivity index (χ1v) is 10.5. The van der Waals surface area contributed by atoms with Gasteiger partial charge < -0.3 is 14.5 Å². The fraction of sp³-hybridized carbons (Fsp3) is 0.238. The summed E-state index contributed by atoms with van der Waals surface area (Å²) >= 11 is 0. The van der Waals surface area contributed by atoms with Crippen LogP contribution in [0.3, 0.4) is 0 Å². The zero-order valence-electron chi connectivity index (χ0n) is 15.8. The fourth-order valence-electron chi connectivity index (χ4n) is 3.50. The molecule has 1 N–H and O–H groups in total. The summed E-state index contributed by atoms with van der Waals surface area (Å²) in [6.07, 6.45) is 4.62. The Labute approximate surface area is 164 Å².